The second kappa shape index (κ2) is 5.14. The summed E-state index contributed by atoms with van der Waals surface area (Å²) in [5.74, 6) is 1.04. The first-order valence-corrected chi connectivity index (χ1v) is 7.45. The molecule has 3 rings (SSSR count). The van der Waals surface area contributed by atoms with Crippen molar-refractivity contribution in [3.05, 3.63) is 29.3 Å². The average Bonchev–Trinajstić information content (AvgIpc) is 2.47. The van der Waals surface area contributed by atoms with Crippen molar-refractivity contribution in [2.45, 2.75) is 38.1 Å². The van der Waals surface area contributed by atoms with Crippen molar-refractivity contribution < 1.29 is 4.74 Å². The third-order valence-electron chi connectivity index (χ3n) is 4.71. The molecule has 0 aromatic heterocycles. The minimum Gasteiger partial charge on any atom is -0.493 e. The van der Waals surface area contributed by atoms with Crippen LogP contribution in [0.5, 0.6) is 5.75 Å². The van der Waals surface area contributed by atoms with Gasteiger partial charge in [0, 0.05) is 18.5 Å². The van der Waals surface area contributed by atoms with E-state index < -0.39 is 0 Å². The van der Waals surface area contributed by atoms with Crippen LogP contribution in [-0.2, 0) is 5.54 Å². The second-order valence-electron chi connectivity index (χ2n) is 5.88. The summed E-state index contributed by atoms with van der Waals surface area (Å²) in [4.78, 5) is 2.61. The van der Waals surface area contributed by atoms with Gasteiger partial charge in [-0.05, 0) is 38.9 Å². The van der Waals surface area contributed by atoms with E-state index in [0.717, 1.165) is 18.8 Å². The molecule has 19 heavy (non-hydrogen) atoms. The Kier molecular flexibility index (Phi) is 3.50. The third kappa shape index (κ3) is 2.15. The Morgan fingerprint density at radius 3 is 2.79 bits per heavy atom. The van der Waals surface area contributed by atoms with Crippen LogP contribution in [0.1, 0.15) is 36.8 Å². The number of hydrogen-bond donors (Lipinski definition) is 1. The molecule has 1 aromatic carbocycles. The summed E-state index contributed by atoms with van der Waals surface area (Å²) < 4.78 is 5.84. The number of likely N-dealkylation sites (tertiary alicyclic amines) is 1. The van der Waals surface area contributed by atoms with Crippen LogP contribution in [0.15, 0.2) is 18.2 Å². The van der Waals surface area contributed by atoms with Crippen LogP contribution in [-0.4, -0.2) is 31.1 Å². The highest BCUT2D eigenvalue weighted by Gasteiger charge is 2.42. The summed E-state index contributed by atoms with van der Waals surface area (Å²) in [5.41, 5.74) is 8.84. The number of piperidine rings is 1. The molecule has 0 aliphatic carbocycles. The molecule has 1 saturated heterocycles. The number of aryl methyl sites for hydroxylation is 1. The smallest absolute Gasteiger partial charge is 0.124 e. The van der Waals surface area contributed by atoms with E-state index in [1.165, 1.54) is 43.5 Å². The molecule has 2 heterocycles. The van der Waals surface area contributed by atoms with E-state index in [1.807, 2.05) is 0 Å². The number of nitrogens with two attached hydrogens (primary N) is 1. The molecule has 104 valence electrons. The molecule has 1 aromatic rings. The van der Waals surface area contributed by atoms with Gasteiger partial charge in [0.1, 0.15) is 5.75 Å². The quantitative estimate of drug-likeness (QED) is 0.887. The Morgan fingerprint density at radius 1 is 1.26 bits per heavy atom. The van der Waals surface area contributed by atoms with Gasteiger partial charge < -0.3 is 10.5 Å². The minimum absolute atomic E-state index is 0.0000231. The second-order valence-corrected chi connectivity index (χ2v) is 5.88. The van der Waals surface area contributed by atoms with Crippen molar-refractivity contribution >= 4 is 0 Å². The van der Waals surface area contributed by atoms with Gasteiger partial charge in [-0.25, -0.2) is 0 Å². The van der Waals surface area contributed by atoms with Crippen LogP contribution in [0, 0.1) is 6.92 Å². The van der Waals surface area contributed by atoms with E-state index in [4.69, 9.17) is 10.5 Å². The molecule has 2 aliphatic heterocycles. The summed E-state index contributed by atoms with van der Waals surface area (Å²) in [6.07, 6.45) is 4.96. The maximum absolute atomic E-state index is 6.24. The monoisotopic (exact) mass is 260 g/mol. The highest BCUT2D eigenvalue weighted by atomic mass is 16.5. The van der Waals surface area contributed by atoms with Gasteiger partial charge in [-0.15, -0.1) is 0 Å². The molecule has 1 unspecified atom stereocenters. The maximum atomic E-state index is 6.24. The van der Waals surface area contributed by atoms with Crippen molar-refractivity contribution in [2.75, 3.05) is 26.2 Å². The predicted octanol–water partition coefficient (Wildman–Crippen LogP) is 2.42. The van der Waals surface area contributed by atoms with Crippen LogP contribution in [0.2, 0.25) is 0 Å². The van der Waals surface area contributed by atoms with E-state index in [1.54, 1.807) is 0 Å². The molecule has 0 amide bonds. The first-order chi connectivity index (χ1) is 9.26. The molecule has 1 atom stereocenters. The normalized spacial score (nSPS) is 27.7. The van der Waals surface area contributed by atoms with E-state index >= 15 is 0 Å². The highest BCUT2D eigenvalue weighted by molar-refractivity contribution is 5.44. The fourth-order valence-corrected chi connectivity index (χ4v) is 3.59. The lowest BCUT2D eigenvalue weighted by molar-refractivity contribution is 0.0331. The highest BCUT2D eigenvalue weighted by Crippen LogP contribution is 2.42. The van der Waals surface area contributed by atoms with Gasteiger partial charge in [0.05, 0.1) is 12.1 Å². The van der Waals surface area contributed by atoms with Crippen LogP contribution in [0.3, 0.4) is 0 Å². The number of benzene rings is 1. The largest absolute Gasteiger partial charge is 0.493 e. The molecule has 3 nitrogen and oxygen atoms in total. The van der Waals surface area contributed by atoms with Gasteiger partial charge in [0.2, 0.25) is 0 Å². The third-order valence-corrected chi connectivity index (χ3v) is 4.71. The molecule has 0 spiro atoms. The molecule has 0 saturated carbocycles. The van der Waals surface area contributed by atoms with Crippen molar-refractivity contribution in [1.29, 1.82) is 0 Å². The zero-order chi connectivity index (χ0) is 13.3. The fourth-order valence-electron chi connectivity index (χ4n) is 3.59. The molecular formula is C16H24N2O. The summed E-state index contributed by atoms with van der Waals surface area (Å²) in [6.45, 7) is 5.96. The average molecular weight is 260 g/mol. The molecule has 2 aliphatic rings. The zero-order valence-corrected chi connectivity index (χ0v) is 11.8. The van der Waals surface area contributed by atoms with Gasteiger partial charge in [-0.1, -0.05) is 24.1 Å². The molecule has 3 heteroatoms. The number of rotatable bonds is 2. The van der Waals surface area contributed by atoms with Crippen LogP contribution in [0.4, 0.5) is 0 Å². The number of ether oxygens (including phenoxy) is 1. The first kappa shape index (κ1) is 12.9. The van der Waals surface area contributed by atoms with Crippen molar-refractivity contribution in [1.82, 2.24) is 4.90 Å². The summed E-state index contributed by atoms with van der Waals surface area (Å²) in [6, 6.07) is 6.51. The van der Waals surface area contributed by atoms with Crippen LogP contribution < -0.4 is 10.5 Å². The van der Waals surface area contributed by atoms with Gasteiger partial charge in [-0.3, -0.25) is 4.90 Å². The Morgan fingerprint density at radius 2 is 2.05 bits per heavy atom. The first-order valence-electron chi connectivity index (χ1n) is 7.45. The Hall–Kier alpha value is -1.06. The van der Waals surface area contributed by atoms with Gasteiger partial charge in [0.25, 0.3) is 0 Å². The topological polar surface area (TPSA) is 38.5 Å². The fraction of sp³-hybridized carbons (Fsp3) is 0.625. The number of nitrogens with zero attached hydrogens (tertiary/aromatic N) is 1. The summed E-state index contributed by atoms with van der Waals surface area (Å²) >= 11 is 0. The number of fused-ring (bicyclic) bond motifs is 1. The molecule has 0 radical (unpaired) electrons. The lowest BCUT2D eigenvalue weighted by Crippen LogP contribution is -2.55. The van der Waals surface area contributed by atoms with Crippen molar-refractivity contribution in [3.63, 3.8) is 0 Å². The Balaban J connectivity index is 2.04. The van der Waals surface area contributed by atoms with Crippen molar-refractivity contribution in [3.8, 4) is 5.75 Å². The maximum Gasteiger partial charge on any atom is 0.124 e. The van der Waals surface area contributed by atoms with E-state index in [9.17, 15) is 0 Å². The van der Waals surface area contributed by atoms with Gasteiger partial charge >= 0.3 is 0 Å². The molecule has 0 bridgehead atoms. The van der Waals surface area contributed by atoms with E-state index in [2.05, 4.69) is 30.0 Å². The predicted molar refractivity (Wildman–Crippen MR) is 77.4 cm³/mol. The summed E-state index contributed by atoms with van der Waals surface area (Å²) in [7, 11) is 0. The van der Waals surface area contributed by atoms with E-state index in [0.29, 0.717) is 6.54 Å². The van der Waals surface area contributed by atoms with E-state index in [-0.39, 0.29) is 5.54 Å². The lowest BCUT2D eigenvalue weighted by atomic mass is 9.81. The van der Waals surface area contributed by atoms with Gasteiger partial charge in [0.15, 0.2) is 0 Å². The molecule has 1 fully saturated rings. The lowest BCUT2D eigenvalue weighted by Gasteiger charge is -2.48. The SMILES string of the molecule is Cc1ccc2c(c1)C(CN)(N1CCCCC1)CCO2. The Bertz CT molecular complexity index is 454. The van der Waals surface area contributed by atoms with Crippen molar-refractivity contribution in [2.24, 2.45) is 5.73 Å². The Labute approximate surface area is 115 Å². The van der Waals surface area contributed by atoms with Crippen LogP contribution in [0.25, 0.3) is 0 Å². The standard InChI is InChI=1S/C16H24N2O/c1-13-5-6-15-14(11-13)16(12-17,7-10-19-15)18-8-3-2-4-9-18/h5-6,11H,2-4,7-10,12,17H2,1H3. The summed E-state index contributed by atoms with van der Waals surface area (Å²) in [5, 5.41) is 0. The molecule has 2 N–H and O–H groups in total. The molecular weight excluding hydrogens is 236 g/mol. The van der Waals surface area contributed by atoms with Gasteiger partial charge in [-0.2, -0.15) is 0 Å². The zero-order valence-electron chi connectivity index (χ0n) is 11.8. The number of hydrogen-bond acceptors (Lipinski definition) is 3. The van der Waals surface area contributed by atoms with Crippen LogP contribution >= 0.6 is 0 Å². The minimum atomic E-state index is 0.0000231.